The van der Waals surface area contributed by atoms with E-state index >= 15 is 0 Å². The molecular formula is C25H21F3N4O3S. The SMILES string of the molecule is CC1C(=O)N(c2ccc(SC(F)(F)F)cc2)C(=O)N1C(NC(=O)Cc1ccccc1)c1ccncc1. The molecule has 0 aliphatic carbocycles. The fourth-order valence-corrected chi connectivity index (χ4v) is 4.43. The molecule has 0 spiro atoms. The minimum atomic E-state index is -4.46. The number of urea groups is 1. The highest BCUT2D eigenvalue weighted by Crippen LogP contribution is 2.38. The number of benzene rings is 2. The van der Waals surface area contributed by atoms with Crippen LogP contribution in [0, 0.1) is 0 Å². The number of carbonyl (C=O) groups is 3. The summed E-state index contributed by atoms with van der Waals surface area (Å²) in [5, 5.41) is 2.84. The summed E-state index contributed by atoms with van der Waals surface area (Å²) in [7, 11) is 0. The molecular weight excluding hydrogens is 493 g/mol. The third kappa shape index (κ3) is 5.68. The Hall–Kier alpha value is -3.86. The highest BCUT2D eigenvalue weighted by Gasteiger charge is 2.47. The minimum absolute atomic E-state index is 0.0643. The molecule has 1 aliphatic rings. The maximum absolute atomic E-state index is 13.5. The zero-order valence-electron chi connectivity index (χ0n) is 19.0. The molecule has 0 saturated carbocycles. The van der Waals surface area contributed by atoms with E-state index in [1.54, 1.807) is 24.3 Å². The number of nitrogens with one attached hydrogen (secondary N) is 1. The van der Waals surface area contributed by atoms with Crippen LogP contribution in [-0.4, -0.2) is 39.3 Å². The van der Waals surface area contributed by atoms with Crippen LogP contribution in [0.1, 0.15) is 24.2 Å². The summed E-state index contributed by atoms with van der Waals surface area (Å²) >= 11 is -0.288. The van der Waals surface area contributed by atoms with E-state index in [0.29, 0.717) is 5.56 Å². The number of amides is 4. The molecule has 0 bridgehead atoms. The number of hydrogen-bond acceptors (Lipinski definition) is 5. The predicted octanol–water partition coefficient (Wildman–Crippen LogP) is 4.91. The molecule has 36 heavy (non-hydrogen) atoms. The van der Waals surface area contributed by atoms with Crippen molar-refractivity contribution in [1.29, 1.82) is 0 Å². The van der Waals surface area contributed by atoms with E-state index in [9.17, 15) is 27.6 Å². The Kier molecular flexibility index (Phi) is 7.30. The van der Waals surface area contributed by atoms with E-state index in [1.165, 1.54) is 48.5 Å². The van der Waals surface area contributed by atoms with Crippen LogP contribution in [-0.2, 0) is 16.0 Å². The number of anilines is 1. The predicted molar refractivity (Wildman–Crippen MR) is 128 cm³/mol. The smallest absolute Gasteiger partial charge is 0.331 e. The number of halogens is 3. The summed E-state index contributed by atoms with van der Waals surface area (Å²) in [5.41, 5.74) is -3.01. The molecule has 1 aromatic heterocycles. The zero-order chi connectivity index (χ0) is 25.9. The Morgan fingerprint density at radius 3 is 2.28 bits per heavy atom. The first-order valence-electron chi connectivity index (χ1n) is 10.9. The van der Waals surface area contributed by atoms with E-state index in [-0.39, 0.29) is 34.7 Å². The Morgan fingerprint density at radius 2 is 1.67 bits per heavy atom. The highest BCUT2D eigenvalue weighted by atomic mass is 32.2. The first kappa shape index (κ1) is 25.2. The van der Waals surface area contributed by atoms with Gasteiger partial charge in [0.2, 0.25) is 5.91 Å². The van der Waals surface area contributed by atoms with Crippen molar-refractivity contribution in [1.82, 2.24) is 15.2 Å². The molecule has 2 aromatic carbocycles. The lowest BCUT2D eigenvalue weighted by atomic mass is 10.1. The first-order valence-corrected chi connectivity index (χ1v) is 11.7. The van der Waals surface area contributed by atoms with Gasteiger partial charge in [-0.3, -0.25) is 19.5 Å². The molecule has 186 valence electrons. The van der Waals surface area contributed by atoms with Gasteiger partial charge < -0.3 is 5.32 Å². The lowest BCUT2D eigenvalue weighted by Crippen LogP contribution is -2.46. The monoisotopic (exact) mass is 514 g/mol. The molecule has 7 nitrogen and oxygen atoms in total. The molecule has 1 aliphatic heterocycles. The van der Waals surface area contributed by atoms with Crippen molar-refractivity contribution < 1.29 is 27.6 Å². The first-order chi connectivity index (χ1) is 17.1. The van der Waals surface area contributed by atoms with Crippen LogP contribution in [0.2, 0.25) is 0 Å². The van der Waals surface area contributed by atoms with Crippen molar-refractivity contribution >= 4 is 35.3 Å². The average Bonchev–Trinajstić information content (AvgIpc) is 3.06. The van der Waals surface area contributed by atoms with Crippen molar-refractivity contribution in [2.24, 2.45) is 0 Å². The molecule has 11 heteroatoms. The highest BCUT2D eigenvalue weighted by molar-refractivity contribution is 8.00. The third-order valence-corrected chi connectivity index (χ3v) is 6.28. The van der Waals surface area contributed by atoms with Crippen molar-refractivity contribution in [2.75, 3.05) is 4.90 Å². The summed E-state index contributed by atoms with van der Waals surface area (Å²) in [6.45, 7) is 1.53. The number of alkyl halides is 3. The van der Waals surface area contributed by atoms with Crippen LogP contribution >= 0.6 is 11.8 Å². The number of imide groups is 1. The van der Waals surface area contributed by atoms with Gasteiger partial charge in [-0.25, -0.2) is 9.69 Å². The molecule has 2 heterocycles. The van der Waals surface area contributed by atoms with Crippen molar-refractivity contribution in [3.8, 4) is 0 Å². The quantitative estimate of drug-likeness (QED) is 0.358. The van der Waals surface area contributed by atoms with Gasteiger partial charge in [0.1, 0.15) is 12.2 Å². The number of hydrogen-bond donors (Lipinski definition) is 1. The van der Waals surface area contributed by atoms with Crippen molar-refractivity contribution in [3.63, 3.8) is 0 Å². The van der Waals surface area contributed by atoms with Crippen LogP contribution in [0.25, 0.3) is 0 Å². The molecule has 1 saturated heterocycles. The number of carbonyl (C=O) groups excluding carboxylic acids is 3. The van der Waals surface area contributed by atoms with Crippen LogP contribution in [0.4, 0.5) is 23.7 Å². The fourth-order valence-electron chi connectivity index (χ4n) is 3.89. The summed E-state index contributed by atoms with van der Waals surface area (Å²) in [5.74, 6) is -0.921. The Morgan fingerprint density at radius 1 is 1.03 bits per heavy atom. The van der Waals surface area contributed by atoms with Crippen molar-refractivity contribution in [3.05, 3.63) is 90.3 Å². The topological polar surface area (TPSA) is 82.6 Å². The molecule has 4 amide bonds. The largest absolute Gasteiger partial charge is 0.446 e. The van der Waals surface area contributed by atoms with E-state index in [0.717, 1.165) is 10.5 Å². The lowest BCUT2D eigenvalue weighted by Gasteiger charge is -2.31. The third-order valence-electron chi connectivity index (χ3n) is 5.54. The van der Waals surface area contributed by atoms with E-state index in [2.05, 4.69) is 10.3 Å². The Labute approximate surface area is 209 Å². The van der Waals surface area contributed by atoms with Gasteiger partial charge in [-0.1, -0.05) is 30.3 Å². The van der Waals surface area contributed by atoms with E-state index < -0.39 is 29.7 Å². The second-order valence-electron chi connectivity index (χ2n) is 7.99. The minimum Gasteiger partial charge on any atom is -0.331 e. The van der Waals surface area contributed by atoms with Gasteiger partial charge in [0, 0.05) is 17.3 Å². The van der Waals surface area contributed by atoms with Crippen LogP contribution in [0.5, 0.6) is 0 Å². The molecule has 3 aromatic rings. The number of thioether (sulfide) groups is 1. The Balaban J connectivity index is 1.60. The second kappa shape index (κ2) is 10.4. The summed E-state index contributed by atoms with van der Waals surface area (Å²) in [4.78, 5) is 45.5. The molecule has 2 atom stereocenters. The number of rotatable bonds is 7. The zero-order valence-corrected chi connectivity index (χ0v) is 19.8. The maximum Gasteiger partial charge on any atom is 0.446 e. The standard InChI is InChI=1S/C25H21F3N4O3S/c1-16-23(34)32(19-7-9-20(10-8-19)36-25(26,27)28)24(35)31(16)22(18-11-13-29-14-12-18)30-21(33)15-17-5-3-2-4-6-17/h2-14,16,22H,15H2,1H3,(H,30,33). The lowest BCUT2D eigenvalue weighted by molar-refractivity contribution is -0.124. The van der Waals surface area contributed by atoms with Gasteiger partial charge in [0.05, 0.1) is 12.1 Å². The number of nitrogens with zero attached hydrogens (tertiary/aromatic N) is 3. The molecule has 1 N–H and O–H groups in total. The molecule has 1 fully saturated rings. The van der Waals surface area contributed by atoms with Gasteiger partial charge >= 0.3 is 11.5 Å². The average molecular weight is 515 g/mol. The van der Waals surface area contributed by atoms with Gasteiger partial charge in [-0.2, -0.15) is 13.2 Å². The van der Waals surface area contributed by atoms with Crippen LogP contribution in [0.3, 0.4) is 0 Å². The second-order valence-corrected chi connectivity index (χ2v) is 9.13. The normalized spacial score (nSPS) is 16.8. The van der Waals surface area contributed by atoms with Gasteiger partial charge in [0.15, 0.2) is 0 Å². The summed E-state index contributed by atoms with van der Waals surface area (Å²) in [6, 6.07) is 15.6. The number of aromatic nitrogens is 1. The van der Waals surface area contributed by atoms with Gasteiger partial charge in [-0.05, 0) is 66.2 Å². The Bertz CT molecular complexity index is 1240. The molecule has 4 rings (SSSR count). The number of pyridine rings is 1. The summed E-state index contributed by atoms with van der Waals surface area (Å²) < 4.78 is 38.0. The molecule has 0 radical (unpaired) electrons. The van der Waals surface area contributed by atoms with Gasteiger partial charge in [-0.15, -0.1) is 0 Å². The van der Waals surface area contributed by atoms with E-state index in [1.807, 2.05) is 18.2 Å². The summed E-state index contributed by atoms with van der Waals surface area (Å²) in [6.07, 6.45) is 2.11. The van der Waals surface area contributed by atoms with Crippen LogP contribution < -0.4 is 10.2 Å². The van der Waals surface area contributed by atoms with Crippen molar-refractivity contribution in [2.45, 2.75) is 36.0 Å². The fraction of sp³-hybridized carbons (Fsp3) is 0.200. The van der Waals surface area contributed by atoms with Gasteiger partial charge in [0.25, 0.3) is 5.91 Å². The molecule has 2 unspecified atom stereocenters. The van der Waals surface area contributed by atoms with E-state index in [4.69, 9.17) is 0 Å². The van der Waals surface area contributed by atoms with Crippen LogP contribution in [0.15, 0.2) is 84.0 Å². The maximum atomic E-state index is 13.5.